The summed E-state index contributed by atoms with van der Waals surface area (Å²) in [5.74, 6) is -0.163. The maximum Gasteiger partial charge on any atom is 0.123 e. The second-order valence-electron chi connectivity index (χ2n) is 5.64. The molecule has 2 rings (SSSR count). The van der Waals surface area contributed by atoms with Gasteiger partial charge < -0.3 is 5.32 Å². The molecule has 1 nitrogen and oxygen atoms in total. The molecule has 21 heavy (non-hydrogen) atoms. The normalized spacial score (nSPS) is 12.4. The highest BCUT2D eigenvalue weighted by atomic mass is 19.1. The van der Waals surface area contributed by atoms with Crippen LogP contribution in [0.5, 0.6) is 0 Å². The molecule has 0 amide bonds. The largest absolute Gasteiger partial charge is 0.310 e. The average Bonchev–Trinajstić information content (AvgIpc) is 2.48. The van der Waals surface area contributed by atoms with Crippen LogP contribution in [0.15, 0.2) is 42.5 Å². The monoisotopic (exact) mass is 285 g/mol. The van der Waals surface area contributed by atoms with Crippen LogP contribution >= 0.6 is 0 Å². The Kier molecular flexibility index (Phi) is 5.51. The van der Waals surface area contributed by atoms with Crippen LogP contribution < -0.4 is 5.32 Å². The van der Waals surface area contributed by atoms with E-state index in [0.717, 1.165) is 30.5 Å². The lowest BCUT2D eigenvalue weighted by Gasteiger charge is -2.22. The number of aryl methyl sites for hydroxylation is 2. The van der Waals surface area contributed by atoms with Crippen molar-refractivity contribution < 1.29 is 4.39 Å². The van der Waals surface area contributed by atoms with Gasteiger partial charge in [-0.1, -0.05) is 37.3 Å². The molecular weight excluding hydrogens is 261 g/mol. The lowest BCUT2D eigenvalue weighted by Crippen LogP contribution is -2.25. The molecule has 0 radical (unpaired) electrons. The summed E-state index contributed by atoms with van der Waals surface area (Å²) in [5.41, 5.74) is 4.80. The second kappa shape index (κ2) is 7.37. The average molecular weight is 285 g/mol. The van der Waals surface area contributed by atoms with E-state index in [0.29, 0.717) is 0 Å². The van der Waals surface area contributed by atoms with Crippen LogP contribution in [0.25, 0.3) is 0 Å². The minimum absolute atomic E-state index is 0.154. The van der Waals surface area contributed by atoms with Crippen molar-refractivity contribution in [2.45, 2.75) is 39.7 Å². The summed E-state index contributed by atoms with van der Waals surface area (Å²) >= 11 is 0. The third-order valence-electron chi connectivity index (χ3n) is 3.94. The summed E-state index contributed by atoms with van der Waals surface area (Å²) in [5, 5.41) is 3.56. The molecule has 0 aromatic heterocycles. The number of rotatable bonds is 6. The fraction of sp³-hybridized carbons (Fsp3) is 0.368. The summed E-state index contributed by atoms with van der Waals surface area (Å²) in [6, 6.07) is 13.6. The van der Waals surface area contributed by atoms with E-state index in [2.05, 4.69) is 43.4 Å². The molecule has 112 valence electrons. The Morgan fingerprint density at radius 1 is 1.05 bits per heavy atom. The Morgan fingerprint density at radius 2 is 1.81 bits per heavy atom. The molecule has 0 aliphatic carbocycles. The summed E-state index contributed by atoms with van der Waals surface area (Å²) < 4.78 is 13.6. The van der Waals surface area contributed by atoms with E-state index in [1.807, 2.05) is 13.0 Å². The summed E-state index contributed by atoms with van der Waals surface area (Å²) in [7, 11) is 0. The molecule has 2 aromatic rings. The smallest absolute Gasteiger partial charge is 0.123 e. The Balaban J connectivity index is 2.30. The van der Waals surface area contributed by atoms with Crippen LogP contribution in [0.3, 0.4) is 0 Å². The number of hydrogen-bond donors (Lipinski definition) is 1. The van der Waals surface area contributed by atoms with Gasteiger partial charge in [0.15, 0.2) is 0 Å². The van der Waals surface area contributed by atoms with Gasteiger partial charge in [0.05, 0.1) is 0 Å². The second-order valence-corrected chi connectivity index (χ2v) is 5.64. The highest BCUT2D eigenvalue weighted by molar-refractivity contribution is 5.33. The van der Waals surface area contributed by atoms with E-state index >= 15 is 0 Å². The number of nitrogens with one attached hydrogen (secondary N) is 1. The molecule has 1 atom stereocenters. The molecule has 0 heterocycles. The van der Waals surface area contributed by atoms with Gasteiger partial charge in [0.1, 0.15) is 5.82 Å². The van der Waals surface area contributed by atoms with Gasteiger partial charge in [-0.15, -0.1) is 0 Å². The van der Waals surface area contributed by atoms with Crippen molar-refractivity contribution in [2.24, 2.45) is 0 Å². The lowest BCUT2D eigenvalue weighted by atomic mass is 9.93. The fourth-order valence-corrected chi connectivity index (χ4v) is 2.66. The van der Waals surface area contributed by atoms with Gasteiger partial charge in [0.25, 0.3) is 0 Å². The third kappa shape index (κ3) is 4.15. The molecule has 0 spiro atoms. The first kappa shape index (κ1) is 15.7. The Labute approximate surface area is 127 Å². The predicted octanol–water partition coefficient (Wildman–Crippen LogP) is 4.73. The molecule has 0 fully saturated rings. The number of benzene rings is 2. The quantitative estimate of drug-likeness (QED) is 0.809. The predicted molar refractivity (Wildman–Crippen MR) is 87.1 cm³/mol. The van der Waals surface area contributed by atoms with Crippen LogP contribution in [0.2, 0.25) is 0 Å². The van der Waals surface area contributed by atoms with Gasteiger partial charge in [0.2, 0.25) is 0 Å². The molecule has 1 unspecified atom stereocenters. The zero-order valence-electron chi connectivity index (χ0n) is 13.1. The van der Waals surface area contributed by atoms with Gasteiger partial charge in [-0.25, -0.2) is 4.39 Å². The van der Waals surface area contributed by atoms with Crippen molar-refractivity contribution >= 4 is 0 Å². The van der Waals surface area contributed by atoms with E-state index in [1.54, 1.807) is 6.07 Å². The fourth-order valence-electron chi connectivity index (χ4n) is 2.66. The van der Waals surface area contributed by atoms with Crippen molar-refractivity contribution in [1.82, 2.24) is 5.32 Å². The first-order valence-electron chi connectivity index (χ1n) is 7.65. The molecule has 2 aromatic carbocycles. The zero-order chi connectivity index (χ0) is 15.2. The molecular formula is C19H24FN. The van der Waals surface area contributed by atoms with E-state index < -0.39 is 0 Å². The number of hydrogen-bond acceptors (Lipinski definition) is 1. The highest BCUT2D eigenvalue weighted by Gasteiger charge is 2.15. The van der Waals surface area contributed by atoms with E-state index in [-0.39, 0.29) is 11.9 Å². The van der Waals surface area contributed by atoms with Crippen molar-refractivity contribution in [3.63, 3.8) is 0 Å². The molecule has 0 bridgehead atoms. The van der Waals surface area contributed by atoms with Gasteiger partial charge >= 0.3 is 0 Å². The Bertz CT molecular complexity index is 592. The topological polar surface area (TPSA) is 12.0 Å². The van der Waals surface area contributed by atoms with Gasteiger partial charge in [-0.3, -0.25) is 0 Å². The van der Waals surface area contributed by atoms with Crippen LogP contribution in [0.1, 0.15) is 41.6 Å². The van der Waals surface area contributed by atoms with E-state index in [4.69, 9.17) is 0 Å². The summed E-state index contributed by atoms with van der Waals surface area (Å²) in [6.07, 6.45) is 1.95. The van der Waals surface area contributed by atoms with Gasteiger partial charge in [-0.2, -0.15) is 0 Å². The van der Waals surface area contributed by atoms with Gasteiger partial charge in [0, 0.05) is 6.04 Å². The minimum Gasteiger partial charge on any atom is -0.310 e. The van der Waals surface area contributed by atoms with Crippen molar-refractivity contribution in [3.8, 4) is 0 Å². The first-order chi connectivity index (χ1) is 10.1. The van der Waals surface area contributed by atoms with Crippen molar-refractivity contribution in [3.05, 3.63) is 70.5 Å². The standard InChI is InChI=1S/C19H24FN/c1-4-11-21-19(12-16-8-6-5-7-14(16)2)18-13-17(20)10-9-15(18)3/h5-10,13,19,21H,4,11-12H2,1-3H3. The van der Waals surface area contributed by atoms with Crippen molar-refractivity contribution in [1.29, 1.82) is 0 Å². The van der Waals surface area contributed by atoms with E-state index in [1.165, 1.54) is 17.2 Å². The zero-order valence-corrected chi connectivity index (χ0v) is 13.1. The first-order valence-corrected chi connectivity index (χ1v) is 7.65. The maximum atomic E-state index is 13.6. The number of halogens is 1. The van der Waals surface area contributed by atoms with Crippen molar-refractivity contribution in [2.75, 3.05) is 6.54 Å². The minimum atomic E-state index is -0.163. The summed E-state index contributed by atoms with van der Waals surface area (Å²) in [6.45, 7) is 7.26. The molecule has 0 aliphatic rings. The molecule has 0 saturated carbocycles. The Hall–Kier alpha value is -1.67. The van der Waals surface area contributed by atoms with Crippen LogP contribution in [-0.2, 0) is 6.42 Å². The SMILES string of the molecule is CCCNC(Cc1ccccc1C)c1cc(F)ccc1C. The van der Waals surface area contributed by atoms with Crippen LogP contribution in [-0.4, -0.2) is 6.54 Å². The summed E-state index contributed by atoms with van der Waals surface area (Å²) in [4.78, 5) is 0. The Morgan fingerprint density at radius 3 is 2.52 bits per heavy atom. The van der Waals surface area contributed by atoms with Gasteiger partial charge in [-0.05, 0) is 67.6 Å². The molecule has 0 saturated heterocycles. The van der Waals surface area contributed by atoms with Crippen LogP contribution in [0.4, 0.5) is 4.39 Å². The highest BCUT2D eigenvalue weighted by Crippen LogP contribution is 2.24. The maximum absolute atomic E-state index is 13.6. The van der Waals surface area contributed by atoms with E-state index in [9.17, 15) is 4.39 Å². The van der Waals surface area contributed by atoms with Crippen LogP contribution in [0, 0.1) is 19.7 Å². The molecule has 0 aliphatic heterocycles. The molecule has 1 N–H and O–H groups in total. The lowest BCUT2D eigenvalue weighted by molar-refractivity contribution is 0.521. The third-order valence-corrected chi connectivity index (χ3v) is 3.94. The molecule has 2 heteroatoms.